The van der Waals surface area contributed by atoms with Crippen LogP contribution in [0.15, 0.2) is 66.9 Å². The Kier molecular flexibility index (Phi) is 50.7. The molecule has 2 fully saturated rings. The van der Waals surface area contributed by atoms with E-state index in [1.54, 1.807) is 58.7 Å². The van der Waals surface area contributed by atoms with Crippen molar-refractivity contribution in [3.05, 3.63) is 93.8 Å². The van der Waals surface area contributed by atoms with E-state index in [9.17, 15) is 78.8 Å². The van der Waals surface area contributed by atoms with E-state index in [2.05, 4.69) is 20.9 Å². The van der Waals surface area contributed by atoms with Crippen LogP contribution in [0, 0.1) is 39.7 Å². The topological polar surface area (TPSA) is 521 Å². The minimum absolute atomic E-state index is 0.0319. The summed E-state index contributed by atoms with van der Waals surface area (Å²) in [6.07, 6.45) is -7.11. The van der Waals surface area contributed by atoms with Crippen molar-refractivity contribution in [3.63, 3.8) is 0 Å². The van der Waals surface area contributed by atoms with Gasteiger partial charge in [0.15, 0.2) is 11.9 Å². The van der Waals surface area contributed by atoms with Crippen molar-refractivity contribution in [2.75, 3.05) is 180 Å². The second kappa shape index (κ2) is 60.1. The molecule has 42 heteroatoms. The summed E-state index contributed by atoms with van der Waals surface area (Å²) in [6.45, 7) is 20.5. The Morgan fingerprint density at radius 1 is 0.656 bits per heavy atom. The molecule has 3 aliphatic rings. The molecule has 2 aromatic carbocycles. The summed E-state index contributed by atoms with van der Waals surface area (Å²) in [5.41, 5.74) is 0.160. The number of nitrogens with zero attached hydrogens (tertiary/aromatic N) is 8. The first kappa shape index (κ1) is 111. The van der Waals surface area contributed by atoms with E-state index >= 15 is 4.79 Å². The molecule has 3 aliphatic heterocycles. The van der Waals surface area contributed by atoms with Gasteiger partial charge < -0.3 is 117 Å². The number of hydrogen-bond donors (Lipinski definition) is 7. The van der Waals surface area contributed by atoms with Crippen molar-refractivity contribution in [2.45, 2.75) is 199 Å². The van der Waals surface area contributed by atoms with Crippen molar-refractivity contribution < 1.29 is 149 Å². The Hall–Kier alpha value is -9.22. The lowest BCUT2D eigenvalue weighted by Crippen LogP contribution is -2.61. The number of carbonyl (C=O) groups is 10. The molecule has 1 aromatic heterocycles. The largest absolute Gasteiger partial charge is 0.481 e. The molecule has 3 aromatic rings. The number of hydrogen-bond acceptors (Lipinski definition) is 32. The number of nitro benzene ring substituents is 1. The van der Waals surface area contributed by atoms with Crippen LogP contribution in [0.4, 0.5) is 10.5 Å². The Morgan fingerprint density at radius 2 is 1.21 bits per heavy atom. The highest BCUT2D eigenvalue weighted by molar-refractivity contribution is 6.12. The normalized spacial score (nSPS) is 19.0. The molecule has 7 amide bonds. The van der Waals surface area contributed by atoms with E-state index < -0.39 is 143 Å². The summed E-state index contributed by atoms with van der Waals surface area (Å²) in [6, 6.07) is 8.52. The molecule has 0 aliphatic carbocycles. The molecule has 7 N–H and O–H groups in total. The van der Waals surface area contributed by atoms with Crippen LogP contribution in [0.1, 0.15) is 129 Å². The van der Waals surface area contributed by atoms with Crippen LogP contribution in [-0.2, 0) is 129 Å². The number of imide groups is 1. The number of ether oxygens (including phenoxy) is 15. The number of rotatable bonds is 69. The number of carboxylic acids is 2. The predicted molar refractivity (Wildman–Crippen MR) is 467 cm³/mol. The number of aliphatic carboxylic acids is 2. The molecular weight excluding hydrogens is 1720 g/mol. The molecule has 4 heterocycles. The van der Waals surface area contributed by atoms with Gasteiger partial charge in [-0.2, -0.15) is 0 Å². The molecule has 0 saturated carbocycles. The number of Topliss-reactive ketones (excluding diaryl/α,β-unsaturated/α-hetero) is 1. The van der Waals surface area contributed by atoms with Crippen LogP contribution in [0.5, 0.6) is 5.75 Å². The number of nitrogens with one attached hydrogen (secondary N) is 2. The van der Waals surface area contributed by atoms with E-state index in [1.807, 2.05) is 32.0 Å². The van der Waals surface area contributed by atoms with Gasteiger partial charge >= 0.3 is 23.7 Å². The fourth-order valence-electron chi connectivity index (χ4n) is 15.3. The maximum atomic E-state index is 15.1. The number of carbonyl (C=O) groups excluding carboxylic acids is 8. The smallest absolute Gasteiger partial charge is 0.410 e. The number of likely N-dealkylation sites (tertiary alicyclic amines) is 1. The third-order valence-corrected chi connectivity index (χ3v) is 22.7. The number of carboxylic acid groups (broad SMARTS) is 2. The van der Waals surface area contributed by atoms with E-state index in [4.69, 9.17) is 71.1 Å². The van der Waals surface area contributed by atoms with Crippen LogP contribution < -0.4 is 15.4 Å². The van der Waals surface area contributed by atoms with Crippen molar-refractivity contribution >= 4 is 64.9 Å². The average molecular weight is 1860 g/mol. The number of nitro groups is 1. The first-order valence-corrected chi connectivity index (χ1v) is 44.8. The van der Waals surface area contributed by atoms with Crippen LogP contribution in [0.3, 0.4) is 0 Å². The third kappa shape index (κ3) is 37.3. The van der Waals surface area contributed by atoms with Gasteiger partial charge in [0.25, 0.3) is 11.8 Å². The SMILES string of the molecule is CC[C@H](C)[C@@H]([C@@H](CC(=O)N1CCC[C@H]1[C@H](OC)[C@@H](C)C(=O)C[C@@H](Cc1ccccc1)C(=O)O)OC)N(C)C(=O)[C@@H](NC(=O)[C@H](C(C)C)N(C)C(=O)O[C@@H](Cc1cn(CCOCCOCCOCCOCCOCCOCCOCCOCCOCCOCCNC(=O)CCCCCN2C(=O)C=CC2=O)nn1)c1ccc(O[C@@H]2O[C@H](C(=O)O)[C@@H](O)[C@H](O)[C@H]2O)c([N+](=O)[O-])c1)C(C)C. The van der Waals surface area contributed by atoms with Crippen molar-refractivity contribution in [1.29, 1.82) is 0 Å². The standard InChI is InChI=1S/C89H138N10O32/c1-12-60(6)78(71(117-10)56-75(104)97-30-19-22-66(97)82(118-11)61(7)68(100)54-64(86(110)111)52-62-20-15-13-16-21-62)94(8)85(109)76(58(2)3)91-84(108)77(59(4)5)95(9)89(114)130-70(63-24-25-69(67(53-63)99(115)116)129-88-81(107)79(105)80(106)83(131-88)87(112)113)55-65-57-96(93-92-65)31-33-120-35-37-122-39-41-124-43-45-126-47-49-128-51-50-127-48-46-125-44-42-123-40-38-121-36-34-119-32-28-90-72(101)23-17-14-18-29-98-73(102)26-27-74(98)103/h13,15-16,20-21,24-27,53,57-61,64,66,70-71,76-83,88,105-107H,12,14,17-19,22-23,28-52,54-56H2,1-11H3,(H,90,101)(H,91,108)(H,110,111)(H,112,113)/t60-,61-,64+,66-,70-,71+,76-,77-,78-,79-,80-,81+,82+,83-,88+/m0/s1. The first-order chi connectivity index (χ1) is 62.8. The zero-order chi connectivity index (χ0) is 95.9. The van der Waals surface area contributed by atoms with Gasteiger partial charge in [-0.3, -0.25) is 58.3 Å². The van der Waals surface area contributed by atoms with Gasteiger partial charge in [0.05, 0.1) is 186 Å². The van der Waals surface area contributed by atoms with Crippen LogP contribution >= 0.6 is 0 Å². The fraction of sp³-hybridized carbons (Fsp3) is 0.708. The van der Waals surface area contributed by atoms with E-state index in [-0.39, 0.29) is 105 Å². The van der Waals surface area contributed by atoms with Gasteiger partial charge in [0.2, 0.25) is 29.9 Å². The van der Waals surface area contributed by atoms with Crippen LogP contribution in [0.25, 0.3) is 0 Å². The third-order valence-electron chi connectivity index (χ3n) is 22.7. The Balaban J connectivity index is 0.917. The number of aliphatic hydroxyl groups is 3. The lowest BCUT2D eigenvalue weighted by Gasteiger charge is -2.41. The zero-order valence-electron chi connectivity index (χ0n) is 77.3. The van der Waals surface area contributed by atoms with Gasteiger partial charge in [-0.1, -0.05) is 103 Å². The number of likely N-dealkylation sites (N-methyl/N-ethyl adjacent to an activating group) is 2. The molecule has 0 bridgehead atoms. The lowest BCUT2D eigenvalue weighted by molar-refractivity contribution is -0.387. The van der Waals surface area contributed by atoms with Crippen molar-refractivity contribution in [3.8, 4) is 5.75 Å². The highest BCUT2D eigenvalue weighted by Crippen LogP contribution is 2.37. The van der Waals surface area contributed by atoms with Gasteiger partial charge in [0, 0.05) is 97.5 Å². The second-order valence-corrected chi connectivity index (χ2v) is 32.8. The number of aliphatic hydroxyl groups excluding tert-OH is 3. The summed E-state index contributed by atoms with van der Waals surface area (Å²) in [5.74, 6) is -9.26. The molecule has 42 nitrogen and oxygen atoms in total. The van der Waals surface area contributed by atoms with E-state index in [0.29, 0.717) is 164 Å². The summed E-state index contributed by atoms with van der Waals surface area (Å²) in [4.78, 5) is 150. The summed E-state index contributed by atoms with van der Waals surface area (Å²) in [7, 11) is 5.77. The molecule has 15 atom stereocenters. The number of ketones is 1. The van der Waals surface area contributed by atoms with E-state index in [1.165, 1.54) is 60.2 Å². The predicted octanol–water partition coefficient (Wildman–Crippen LogP) is 3.57. The summed E-state index contributed by atoms with van der Waals surface area (Å²) >= 11 is 0. The van der Waals surface area contributed by atoms with Crippen LogP contribution in [0.2, 0.25) is 0 Å². The first-order valence-electron chi connectivity index (χ1n) is 44.8. The van der Waals surface area contributed by atoms with Gasteiger partial charge in [-0.25, -0.2) is 14.3 Å². The fourth-order valence-corrected chi connectivity index (χ4v) is 15.3. The molecule has 2 saturated heterocycles. The van der Waals surface area contributed by atoms with Gasteiger partial charge in [0.1, 0.15) is 42.3 Å². The van der Waals surface area contributed by atoms with Crippen LogP contribution in [-0.4, -0.2) is 371 Å². The van der Waals surface area contributed by atoms with Gasteiger partial charge in [-0.15, -0.1) is 5.10 Å². The molecule has 0 unspecified atom stereocenters. The maximum absolute atomic E-state index is 15.1. The zero-order valence-corrected chi connectivity index (χ0v) is 77.3. The monoisotopic (exact) mass is 1860 g/mol. The lowest BCUT2D eigenvalue weighted by atomic mass is 9.85. The maximum Gasteiger partial charge on any atom is 0.410 e. The van der Waals surface area contributed by atoms with E-state index in [0.717, 1.165) is 29.0 Å². The molecule has 131 heavy (non-hydrogen) atoms. The molecule has 6 rings (SSSR count). The number of amides is 7. The Bertz CT molecular complexity index is 3980. The summed E-state index contributed by atoms with van der Waals surface area (Å²) in [5, 5.41) is 78.4. The average Bonchev–Trinajstić information content (AvgIpc) is 1.46. The minimum Gasteiger partial charge on any atom is -0.481 e. The number of methoxy groups -OCH3 is 2. The molecule has 0 spiro atoms. The number of unbranched alkanes of at least 4 members (excludes halogenated alkanes) is 2. The van der Waals surface area contributed by atoms with Crippen molar-refractivity contribution in [1.82, 2.24) is 45.2 Å². The Morgan fingerprint density at radius 3 is 1.73 bits per heavy atom. The number of aromatic nitrogens is 3. The molecule has 736 valence electrons. The van der Waals surface area contributed by atoms with Gasteiger partial charge in [-0.05, 0) is 67.1 Å². The molecule has 0 radical (unpaired) electrons. The highest BCUT2D eigenvalue weighted by Gasteiger charge is 2.50. The minimum atomic E-state index is -2.11. The highest BCUT2D eigenvalue weighted by atomic mass is 16.7. The summed E-state index contributed by atoms with van der Waals surface area (Å²) < 4.78 is 86.3. The quantitative estimate of drug-likeness (QED) is 0.0184. The van der Waals surface area contributed by atoms with Crippen molar-refractivity contribution in [2.24, 2.45) is 29.6 Å². The second-order valence-electron chi connectivity index (χ2n) is 32.8. The Labute approximate surface area is 764 Å². The molecular formula is C89H138N10O32. The number of benzene rings is 2.